The Morgan fingerprint density at radius 3 is 2.63 bits per heavy atom. The smallest absolute Gasteiger partial charge is 0.416 e. The number of methoxy groups -OCH3 is 2. The first-order valence-electron chi connectivity index (χ1n) is 11.8. The summed E-state index contributed by atoms with van der Waals surface area (Å²) >= 11 is 0. The third-order valence-electron chi connectivity index (χ3n) is 6.60. The van der Waals surface area contributed by atoms with Crippen molar-refractivity contribution < 1.29 is 28.2 Å². The lowest BCUT2D eigenvalue weighted by atomic mass is 10.0. The Labute approximate surface area is 217 Å². The molecule has 0 saturated carbocycles. The summed E-state index contributed by atoms with van der Waals surface area (Å²) < 4.78 is 21.0. The Balaban J connectivity index is 1.50. The van der Waals surface area contributed by atoms with Gasteiger partial charge in [0.25, 0.3) is 0 Å². The highest BCUT2D eigenvalue weighted by Crippen LogP contribution is 2.39. The molecule has 38 heavy (non-hydrogen) atoms. The van der Waals surface area contributed by atoms with E-state index in [2.05, 4.69) is 14.7 Å². The molecule has 0 bridgehead atoms. The molecule has 0 aliphatic heterocycles. The monoisotopic (exact) mass is 518 g/mol. The fourth-order valence-corrected chi connectivity index (χ4v) is 4.91. The van der Waals surface area contributed by atoms with E-state index in [1.54, 1.807) is 31.5 Å². The number of imide groups is 1. The van der Waals surface area contributed by atoms with Gasteiger partial charge in [-0.25, -0.2) is 19.9 Å². The molecule has 2 atom stereocenters. The zero-order valence-electron chi connectivity index (χ0n) is 21.2. The average Bonchev–Trinajstić information content (AvgIpc) is 3.55. The Hall–Kier alpha value is -4.64. The number of fused-ring (bicyclic) bond motifs is 2. The van der Waals surface area contributed by atoms with Gasteiger partial charge < -0.3 is 23.6 Å². The standard InChI is InChI=1S/C27H26N4O7/c1-31(2)25-16-7-15(6-5-14(16)8-23(25)38-27(34)30-26(33)36-4)19-10-21(32)17-9-18(24-12-28-13-37-24)22(35-3)11-20(17)29-19/h5-7,9-13,23,25H,8H2,1-4H3,(H,29,32)(H,30,33,34)/t23-,25-/m1/s1. The SMILES string of the molecule is COC(=O)NC(=O)O[C@@H]1Cc2ccc(-c3cc(=O)c4cc(-c5cnco5)c(OC)cc4[nH]3)cc2[C@H]1N(C)C. The molecule has 1 aliphatic rings. The molecule has 0 radical (unpaired) electrons. The third-order valence-corrected chi connectivity index (χ3v) is 6.60. The van der Waals surface area contributed by atoms with E-state index in [9.17, 15) is 14.4 Å². The van der Waals surface area contributed by atoms with Crippen LogP contribution in [0.2, 0.25) is 0 Å². The van der Waals surface area contributed by atoms with Gasteiger partial charge in [-0.05, 0) is 42.9 Å². The van der Waals surface area contributed by atoms with Crippen LogP contribution in [0.5, 0.6) is 5.75 Å². The molecule has 2 N–H and O–H groups in total. The number of nitrogens with one attached hydrogen (secondary N) is 2. The van der Waals surface area contributed by atoms with Crippen molar-refractivity contribution in [1.29, 1.82) is 0 Å². The number of ether oxygens (including phenoxy) is 3. The second-order valence-corrected chi connectivity index (χ2v) is 9.10. The number of nitrogens with zero attached hydrogens (tertiary/aromatic N) is 2. The van der Waals surface area contributed by atoms with E-state index in [4.69, 9.17) is 13.9 Å². The molecule has 11 heteroatoms. The Morgan fingerprint density at radius 1 is 1.13 bits per heavy atom. The highest BCUT2D eigenvalue weighted by molar-refractivity contribution is 5.89. The predicted octanol–water partition coefficient (Wildman–Crippen LogP) is 3.88. The van der Waals surface area contributed by atoms with Crippen molar-refractivity contribution in [3.63, 3.8) is 0 Å². The van der Waals surface area contributed by atoms with Gasteiger partial charge >= 0.3 is 12.2 Å². The van der Waals surface area contributed by atoms with E-state index in [0.29, 0.717) is 40.1 Å². The number of alkyl carbamates (subject to hydrolysis) is 2. The molecule has 2 heterocycles. The van der Waals surface area contributed by atoms with E-state index in [1.165, 1.54) is 13.5 Å². The number of likely N-dealkylation sites (N-methyl/N-ethyl adjacent to an activating group) is 1. The van der Waals surface area contributed by atoms with Crippen molar-refractivity contribution in [3.8, 4) is 28.3 Å². The van der Waals surface area contributed by atoms with Gasteiger partial charge in [-0.2, -0.15) is 0 Å². The fraction of sp³-hybridized carbons (Fsp3) is 0.259. The fourth-order valence-electron chi connectivity index (χ4n) is 4.91. The van der Waals surface area contributed by atoms with Crippen molar-refractivity contribution >= 4 is 23.1 Å². The van der Waals surface area contributed by atoms with Gasteiger partial charge in [0, 0.05) is 29.6 Å². The van der Waals surface area contributed by atoms with Crippen LogP contribution in [0.3, 0.4) is 0 Å². The first-order chi connectivity index (χ1) is 18.3. The molecule has 0 saturated heterocycles. The predicted molar refractivity (Wildman–Crippen MR) is 138 cm³/mol. The molecular weight excluding hydrogens is 492 g/mol. The number of H-pyrrole nitrogens is 1. The van der Waals surface area contributed by atoms with Crippen LogP contribution >= 0.6 is 0 Å². The minimum Gasteiger partial charge on any atom is -0.496 e. The highest BCUT2D eigenvalue weighted by atomic mass is 16.6. The number of carbonyl (C=O) groups excluding carboxylic acids is 2. The van der Waals surface area contributed by atoms with Gasteiger partial charge in [0.15, 0.2) is 17.6 Å². The molecule has 0 fully saturated rings. The number of hydrogen-bond donors (Lipinski definition) is 2. The summed E-state index contributed by atoms with van der Waals surface area (Å²) in [5, 5.41) is 2.51. The number of hydrogen-bond acceptors (Lipinski definition) is 9. The molecular formula is C27H26N4O7. The van der Waals surface area contributed by atoms with Gasteiger partial charge in [0.1, 0.15) is 11.9 Å². The summed E-state index contributed by atoms with van der Waals surface area (Å²) in [6.45, 7) is 0. The summed E-state index contributed by atoms with van der Waals surface area (Å²) in [5.41, 5.74) is 4.47. The lowest BCUT2D eigenvalue weighted by Gasteiger charge is -2.27. The van der Waals surface area contributed by atoms with Gasteiger partial charge in [0.05, 0.1) is 37.5 Å². The van der Waals surface area contributed by atoms with Crippen molar-refractivity contribution in [2.75, 3.05) is 28.3 Å². The maximum absolute atomic E-state index is 13.2. The topological polar surface area (TPSA) is 136 Å². The van der Waals surface area contributed by atoms with Gasteiger partial charge in [-0.15, -0.1) is 0 Å². The van der Waals surface area contributed by atoms with Crippen LogP contribution in [0, 0.1) is 0 Å². The van der Waals surface area contributed by atoms with E-state index >= 15 is 0 Å². The van der Waals surface area contributed by atoms with E-state index in [-0.39, 0.29) is 11.5 Å². The first-order valence-corrected chi connectivity index (χ1v) is 11.8. The molecule has 196 valence electrons. The lowest BCUT2D eigenvalue weighted by molar-refractivity contribution is 0.0529. The number of amides is 2. The van der Waals surface area contributed by atoms with Gasteiger partial charge in [0.2, 0.25) is 0 Å². The zero-order valence-corrected chi connectivity index (χ0v) is 21.2. The first kappa shape index (κ1) is 25.0. The quantitative estimate of drug-likeness (QED) is 0.403. The Morgan fingerprint density at radius 2 is 1.95 bits per heavy atom. The maximum atomic E-state index is 13.2. The molecule has 2 aromatic heterocycles. The minimum absolute atomic E-state index is 0.164. The number of pyridine rings is 1. The summed E-state index contributed by atoms with van der Waals surface area (Å²) in [5.74, 6) is 1.03. The third kappa shape index (κ3) is 4.59. The summed E-state index contributed by atoms with van der Waals surface area (Å²) in [4.78, 5) is 46.0. The molecule has 2 aromatic carbocycles. The van der Waals surface area contributed by atoms with Crippen LogP contribution in [-0.4, -0.2) is 61.5 Å². The van der Waals surface area contributed by atoms with Crippen molar-refractivity contribution in [3.05, 3.63) is 70.3 Å². The second-order valence-electron chi connectivity index (χ2n) is 9.10. The molecule has 4 aromatic rings. The van der Waals surface area contributed by atoms with Gasteiger partial charge in [-0.3, -0.25) is 9.69 Å². The summed E-state index contributed by atoms with van der Waals surface area (Å²) in [6.07, 6.45) is 1.08. The van der Waals surface area contributed by atoms with Crippen LogP contribution < -0.4 is 15.5 Å². The van der Waals surface area contributed by atoms with Crippen LogP contribution in [0.15, 0.2) is 58.2 Å². The van der Waals surface area contributed by atoms with Crippen molar-refractivity contribution in [1.82, 2.24) is 20.2 Å². The average molecular weight is 519 g/mol. The number of aromatic nitrogens is 2. The largest absolute Gasteiger partial charge is 0.496 e. The second kappa shape index (κ2) is 10.0. The molecule has 2 amide bonds. The molecule has 0 unspecified atom stereocenters. The van der Waals surface area contributed by atoms with Crippen LogP contribution in [0.4, 0.5) is 9.59 Å². The number of rotatable bonds is 5. The number of carbonyl (C=O) groups is 2. The van der Waals surface area contributed by atoms with Crippen LogP contribution in [0.1, 0.15) is 17.2 Å². The number of benzene rings is 2. The number of oxazole rings is 1. The lowest BCUT2D eigenvalue weighted by Crippen LogP contribution is -2.37. The highest BCUT2D eigenvalue weighted by Gasteiger charge is 2.37. The molecule has 0 spiro atoms. The van der Waals surface area contributed by atoms with E-state index < -0.39 is 18.3 Å². The van der Waals surface area contributed by atoms with Crippen LogP contribution in [0.25, 0.3) is 33.5 Å². The molecule has 11 nitrogen and oxygen atoms in total. The Bertz CT molecular complexity index is 1580. The van der Waals surface area contributed by atoms with Gasteiger partial charge in [-0.1, -0.05) is 12.1 Å². The zero-order chi connectivity index (χ0) is 27.0. The molecule has 5 rings (SSSR count). The van der Waals surface area contributed by atoms with Crippen LogP contribution in [-0.2, 0) is 15.9 Å². The Kier molecular flexibility index (Phi) is 6.60. The van der Waals surface area contributed by atoms with E-state index in [1.807, 2.05) is 42.5 Å². The normalized spacial score (nSPS) is 16.3. The number of aromatic amines is 1. The minimum atomic E-state index is -0.890. The maximum Gasteiger partial charge on any atom is 0.416 e. The summed E-state index contributed by atoms with van der Waals surface area (Å²) in [6, 6.07) is 10.6. The van der Waals surface area contributed by atoms with Crippen molar-refractivity contribution in [2.24, 2.45) is 0 Å². The van der Waals surface area contributed by atoms with E-state index in [0.717, 1.165) is 16.7 Å². The summed E-state index contributed by atoms with van der Waals surface area (Å²) in [7, 11) is 6.49. The van der Waals surface area contributed by atoms with Crippen molar-refractivity contribution in [2.45, 2.75) is 18.6 Å². The molecule has 1 aliphatic carbocycles.